The minimum Gasteiger partial charge on any atom is -0.312 e. The Balaban J connectivity index is 2.75. The lowest BCUT2D eigenvalue weighted by molar-refractivity contribution is 0.662. The first kappa shape index (κ1) is 7.44. The lowest BCUT2D eigenvalue weighted by atomic mass is 10.3. The Morgan fingerprint density at radius 1 is 1.30 bits per heavy atom. The average Bonchev–Trinajstić information content (AvgIpc) is 2.05. The first-order chi connectivity index (χ1) is 4.84. The van der Waals surface area contributed by atoms with Gasteiger partial charge in [-0.3, -0.25) is 4.31 Å². The van der Waals surface area contributed by atoms with Crippen molar-refractivity contribution in [2.45, 2.75) is 0 Å². The summed E-state index contributed by atoms with van der Waals surface area (Å²) in [4.78, 5) is 0. The Morgan fingerprint density at radius 2 is 1.90 bits per heavy atom. The molecule has 0 heterocycles. The van der Waals surface area contributed by atoms with Crippen molar-refractivity contribution in [1.29, 1.82) is 0 Å². The summed E-state index contributed by atoms with van der Waals surface area (Å²) < 4.78 is 10.3. The third-order valence-corrected chi connectivity index (χ3v) is 1.70. The molecule has 54 valence electrons. The van der Waals surface area contributed by atoms with Crippen LogP contribution in [0.15, 0.2) is 30.3 Å². The first-order valence-electron chi connectivity index (χ1n) is 2.95. The molecule has 0 aliphatic heterocycles. The number of rotatable bonds is 2. The lowest BCUT2D eigenvalue weighted by Crippen LogP contribution is -2.04. The molecule has 1 aromatic rings. The minimum atomic E-state index is 0.711. The van der Waals surface area contributed by atoms with Gasteiger partial charge in [-0.2, -0.15) is 0 Å². The fourth-order valence-corrected chi connectivity index (χ4v) is 0.901. The van der Waals surface area contributed by atoms with E-state index in [9.17, 15) is 0 Å². The first-order valence-corrected chi connectivity index (χ1v) is 3.68. The highest BCUT2D eigenvalue weighted by atomic mass is 32.2. The molecule has 0 saturated carbocycles. The van der Waals surface area contributed by atoms with Crippen LogP contribution >= 0.6 is 12.2 Å². The van der Waals surface area contributed by atoms with Crippen molar-refractivity contribution in [3.05, 3.63) is 30.3 Å². The molecule has 0 atom stereocenters. The fourth-order valence-electron chi connectivity index (χ4n) is 0.685. The number of para-hydroxylation sites is 1. The van der Waals surface area contributed by atoms with Crippen molar-refractivity contribution in [2.75, 3.05) is 11.4 Å². The molecule has 0 fully saturated rings. The van der Waals surface area contributed by atoms with Crippen LogP contribution in [0.2, 0.25) is 0 Å². The summed E-state index contributed by atoms with van der Waals surface area (Å²) in [7, 11) is 1.81. The molecule has 1 rings (SSSR count). The highest BCUT2D eigenvalue weighted by molar-refractivity contribution is 7.95. The smallest absolute Gasteiger partial charge is 0.111 e. The van der Waals surface area contributed by atoms with Gasteiger partial charge in [-0.15, -0.1) is 0 Å². The molecule has 0 aromatic heterocycles. The van der Waals surface area contributed by atoms with E-state index in [1.807, 2.05) is 30.3 Å². The van der Waals surface area contributed by atoms with Crippen LogP contribution in [-0.4, -0.2) is 11.6 Å². The molecule has 0 saturated heterocycles. The Labute approximate surface area is 64.8 Å². The van der Waals surface area contributed by atoms with Crippen LogP contribution in [0.1, 0.15) is 0 Å². The van der Waals surface area contributed by atoms with E-state index in [0.29, 0.717) is 12.2 Å². The SMILES string of the molecule is CN(SO)c1ccccc1. The molecule has 0 aliphatic carbocycles. The third kappa shape index (κ3) is 1.65. The van der Waals surface area contributed by atoms with Gasteiger partial charge in [-0.25, -0.2) is 0 Å². The topological polar surface area (TPSA) is 23.5 Å². The summed E-state index contributed by atoms with van der Waals surface area (Å²) >= 11 is 0.711. The molecule has 1 aromatic carbocycles. The number of benzene rings is 1. The van der Waals surface area contributed by atoms with Crippen molar-refractivity contribution >= 4 is 17.9 Å². The van der Waals surface area contributed by atoms with Crippen molar-refractivity contribution in [3.63, 3.8) is 0 Å². The third-order valence-electron chi connectivity index (χ3n) is 1.24. The summed E-state index contributed by atoms with van der Waals surface area (Å²) in [5.41, 5.74) is 0.995. The van der Waals surface area contributed by atoms with Gasteiger partial charge in [-0.05, 0) is 12.1 Å². The van der Waals surface area contributed by atoms with Gasteiger partial charge in [0.25, 0.3) is 0 Å². The zero-order chi connectivity index (χ0) is 7.40. The highest BCUT2D eigenvalue weighted by Gasteiger charge is 1.95. The standard InChI is InChI=1S/C7H9NOS/c1-8(10-9)7-5-3-2-4-6-7/h2-6,9H,1H3. The van der Waals surface area contributed by atoms with Crippen LogP contribution < -0.4 is 4.31 Å². The predicted molar refractivity (Wildman–Crippen MR) is 45.1 cm³/mol. The minimum absolute atomic E-state index is 0.711. The van der Waals surface area contributed by atoms with Gasteiger partial charge in [0, 0.05) is 12.7 Å². The van der Waals surface area contributed by atoms with Crippen LogP contribution in [0.5, 0.6) is 0 Å². The Bertz CT molecular complexity index is 190. The van der Waals surface area contributed by atoms with Crippen LogP contribution in [0, 0.1) is 0 Å². The quantitative estimate of drug-likeness (QED) is 0.523. The van der Waals surface area contributed by atoms with Crippen molar-refractivity contribution in [2.24, 2.45) is 0 Å². The number of hydrogen-bond donors (Lipinski definition) is 1. The Hall–Kier alpha value is -0.670. The normalized spacial score (nSPS) is 9.40. The maximum atomic E-state index is 8.63. The van der Waals surface area contributed by atoms with E-state index in [4.69, 9.17) is 4.55 Å². The second-order valence-electron chi connectivity index (χ2n) is 1.91. The molecular weight excluding hydrogens is 146 g/mol. The van der Waals surface area contributed by atoms with Crippen LogP contribution in [0.3, 0.4) is 0 Å². The van der Waals surface area contributed by atoms with E-state index in [2.05, 4.69) is 0 Å². The number of nitrogens with zero attached hydrogens (tertiary/aromatic N) is 1. The Kier molecular flexibility index (Phi) is 2.59. The maximum absolute atomic E-state index is 8.63. The molecule has 0 amide bonds. The fraction of sp³-hybridized carbons (Fsp3) is 0.143. The summed E-state index contributed by atoms with van der Waals surface area (Å²) in [5, 5.41) is 0. The van der Waals surface area contributed by atoms with E-state index in [1.165, 1.54) is 0 Å². The molecule has 10 heavy (non-hydrogen) atoms. The second-order valence-corrected chi connectivity index (χ2v) is 2.63. The van der Waals surface area contributed by atoms with E-state index in [0.717, 1.165) is 5.69 Å². The lowest BCUT2D eigenvalue weighted by Gasteiger charge is -2.11. The van der Waals surface area contributed by atoms with E-state index in [-0.39, 0.29) is 0 Å². The second kappa shape index (κ2) is 3.49. The maximum Gasteiger partial charge on any atom is 0.111 e. The van der Waals surface area contributed by atoms with Gasteiger partial charge in [0.15, 0.2) is 0 Å². The van der Waals surface area contributed by atoms with Gasteiger partial charge in [0.05, 0.1) is 0 Å². The largest absolute Gasteiger partial charge is 0.312 e. The predicted octanol–water partition coefficient (Wildman–Crippen LogP) is 2.24. The molecule has 3 heteroatoms. The average molecular weight is 155 g/mol. The van der Waals surface area contributed by atoms with Gasteiger partial charge in [-0.1, -0.05) is 18.2 Å². The summed E-state index contributed by atoms with van der Waals surface area (Å²) in [6, 6.07) is 9.68. The van der Waals surface area contributed by atoms with Crippen molar-refractivity contribution in [1.82, 2.24) is 0 Å². The van der Waals surface area contributed by atoms with Gasteiger partial charge in [0.2, 0.25) is 0 Å². The molecule has 1 N–H and O–H groups in total. The van der Waals surface area contributed by atoms with E-state index < -0.39 is 0 Å². The molecule has 0 unspecified atom stereocenters. The summed E-state index contributed by atoms with van der Waals surface area (Å²) in [6.07, 6.45) is 0. The molecule has 2 nitrogen and oxygen atoms in total. The van der Waals surface area contributed by atoms with Gasteiger partial charge in [0.1, 0.15) is 12.2 Å². The highest BCUT2D eigenvalue weighted by Crippen LogP contribution is 2.16. The Morgan fingerprint density at radius 3 is 2.40 bits per heavy atom. The molecule has 0 bridgehead atoms. The summed E-state index contributed by atoms with van der Waals surface area (Å²) in [5.74, 6) is 0. The van der Waals surface area contributed by atoms with Crippen LogP contribution in [0.25, 0.3) is 0 Å². The van der Waals surface area contributed by atoms with Crippen molar-refractivity contribution < 1.29 is 4.55 Å². The van der Waals surface area contributed by atoms with E-state index >= 15 is 0 Å². The zero-order valence-electron chi connectivity index (χ0n) is 5.69. The monoisotopic (exact) mass is 155 g/mol. The number of hydrogen-bond acceptors (Lipinski definition) is 3. The van der Waals surface area contributed by atoms with Gasteiger partial charge < -0.3 is 4.55 Å². The van der Waals surface area contributed by atoms with Gasteiger partial charge >= 0.3 is 0 Å². The molecule has 0 spiro atoms. The zero-order valence-corrected chi connectivity index (χ0v) is 6.51. The molecular formula is C7H9NOS. The van der Waals surface area contributed by atoms with Crippen LogP contribution in [-0.2, 0) is 0 Å². The molecule has 0 aliphatic rings. The van der Waals surface area contributed by atoms with Crippen molar-refractivity contribution in [3.8, 4) is 0 Å². The van der Waals surface area contributed by atoms with Crippen LogP contribution in [0.4, 0.5) is 5.69 Å². The molecule has 0 radical (unpaired) electrons. The number of anilines is 1. The summed E-state index contributed by atoms with van der Waals surface area (Å²) in [6.45, 7) is 0. The van der Waals surface area contributed by atoms with E-state index in [1.54, 1.807) is 11.4 Å².